The van der Waals surface area contributed by atoms with Gasteiger partial charge in [-0.25, -0.2) is 9.13 Å². The van der Waals surface area contributed by atoms with Crippen molar-refractivity contribution < 1.29 is 4.57 Å². The summed E-state index contributed by atoms with van der Waals surface area (Å²) in [7, 11) is 4.12. The van der Waals surface area contributed by atoms with E-state index in [9.17, 15) is 0 Å². The second-order valence-electron chi connectivity index (χ2n) is 7.03. The lowest BCUT2D eigenvalue weighted by molar-refractivity contribution is -0.687. The van der Waals surface area contributed by atoms with E-state index in [1.54, 1.807) is 0 Å². The lowest BCUT2D eigenvalue weighted by Gasteiger charge is -2.19. The molecule has 0 fully saturated rings. The normalized spacial score (nSPS) is 10.6. The molecule has 3 aromatic carbocycles. The Morgan fingerprint density at radius 1 is 0.821 bits per heavy atom. The summed E-state index contributed by atoms with van der Waals surface area (Å²) in [5.74, 6) is 0. The number of benzene rings is 3. The Bertz CT molecular complexity index is 1050. The molecular formula is C24H25N4+. The third-order valence-corrected chi connectivity index (χ3v) is 4.74. The van der Waals surface area contributed by atoms with Gasteiger partial charge < -0.3 is 10.2 Å². The molecule has 1 aromatic heterocycles. The molecule has 28 heavy (non-hydrogen) atoms. The maximum Gasteiger partial charge on any atom is 0.249 e. The zero-order chi connectivity index (χ0) is 19.3. The van der Waals surface area contributed by atoms with Crippen LogP contribution in [-0.4, -0.2) is 18.7 Å². The van der Waals surface area contributed by atoms with Crippen molar-refractivity contribution in [2.24, 2.45) is 0 Å². The van der Waals surface area contributed by atoms with E-state index >= 15 is 0 Å². The molecule has 1 heterocycles. The highest BCUT2D eigenvalue weighted by Crippen LogP contribution is 2.30. The van der Waals surface area contributed by atoms with Crippen LogP contribution in [0.4, 0.5) is 17.1 Å². The Labute approximate surface area is 166 Å². The molecule has 4 aromatic rings. The molecule has 1 N–H and O–H groups in total. The second-order valence-corrected chi connectivity index (χ2v) is 7.03. The highest BCUT2D eigenvalue weighted by Gasteiger charge is 2.13. The summed E-state index contributed by atoms with van der Waals surface area (Å²) in [5.41, 5.74) is 5.71. The van der Waals surface area contributed by atoms with Crippen molar-refractivity contribution >= 4 is 17.1 Å². The predicted molar refractivity (Wildman–Crippen MR) is 116 cm³/mol. The molecule has 0 saturated carbocycles. The average molecular weight is 369 g/mol. The Morgan fingerprint density at radius 2 is 1.50 bits per heavy atom. The largest absolute Gasteiger partial charge is 0.376 e. The van der Waals surface area contributed by atoms with E-state index in [-0.39, 0.29) is 0 Å². The van der Waals surface area contributed by atoms with Crippen molar-refractivity contribution in [3.05, 3.63) is 103 Å². The summed E-state index contributed by atoms with van der Waals surface area (Å²) in [4.78, 5) is 2.12. The lowest BCUT2D eigenvalue weighted by Crippen LogP contribution is -2.31. The van der Waals surface area contributed by atoms with Crippen molar-refractivity contribution in [1.82, 2.24) is 4.57 Å². The molecule has 0 saturated heterocycles. The number of aromatic nitrogens is 2. The van der Waals surface area contributed by atoms with E-state index < -0.39 is 0 Å². The van der Waals surface area contributed by atoms with Crippen molar-refractivity contribution in [1.29, 1.82) is 0 Å². The van der Waals surface area contributed by atoms with Gasteiger partial charge in [0.15, 0.2) is 5.69 Å². The lowest BCUT2D eigenvalue weighted by atomic mass is 10.2. The highest BCUT2D eigenvalue weighted by molar-refractivity contribution is 5.78. The second kappa shape index (κ2) is 8.01. The summed E-state index contributed by atoms with van der Waals surface area (Å²) < 4.78 is 4.35. The molecule has 0 atom stereocenters. The number of anilines is 3. The summed E-state index contributed by atoms with van der Waals surface area (Å²) in [6.45, 7) is 0.854. The van der Waals surface area contributed by atoms with Crippen molar-refractivity contribution in [2.75, 3.05) is 24.3 Å². The molecule has 0 unspecified atom stereocenters. The zero-order valence-electron chi connectivity index (χ0n) is 16.3. The summed E-state index contributed by atoms with van der Waals surface area (Å²) in [6, 6.07) is 27.2. The number of hydrogen-bond donors (Lipinski definition) is 1. The quantitative estimate of drug-likeness (QED) is 0.501. The standard InChI is InChI=1S/C24H25N4/c1-26(2)23-14-8-6-12-21(23)25-22-13-7-9-15-24(22)28-17-16-27(19-28)18-20-10-4-3-5-11-20/h3-17,19,25H,18H2,1-2H3/q+1. The third kappa shape index (κ3) is 3.91. The van der Waals surface area contributed by atoms with Crippen LogP contribution < -0.4 is 14.8 Å². The van der Waals surface area contributed by atoms with Gasteiger partial charge in [0.1, 0.15) is 18.9 Å². The Kier molecular flexibility index (Phi) is 5.11. The maximum atomic E-state index is 3.61. The molecule has 140 valence electrons. The van der Waals surface area contributed by atoms with E-state index in [1.807, 2.05) is 6.07 Å². The summed E-state index contributed by atoms with van der Waals surface area (Å²) in [6.07, 6.45) is 6.34. The number of hydrogen-bond acceptors (Lipinski definition) is 2. The first kappa shape index (κ1) is 17.9. The molecule has 0 bridgehead atoms. The number of para-hydroxylation sites is 4. The number of nitrogens with zero attached hydrogens (tertiary/aromatic N) is 3. The van der Waals surface area contributed by atoms with Gasteiger partial charge in [-0.1, -0.05) is 54.6 Å². The van der Waals surface area contributed by atoms with Crippen molar-refractivity contribution in [3.63, 3.8) is 0 Å². The fourth-order valence-electron chi connectivity index (χ4n) is 3.34. The van der Waals surface area contributed by atoms with Gasteiger partial charge in [-0.05, 0) is 29.8 Å². The Morgan fingerprint density at radius 3 is 2.29 bits per heavy atom. The van der Waals surface area contributed by atoms with Crippen LogP contribution >= 0.6 is 0 Å². The van der Waals surface area contributed by atoms with E-state index in [0.717, 1.165) is 29.3 Å². The first-order valence-corrected chi connectivity index (χ1v) is 9.44. The van der Waals surface area contributed by atoms with Crippen LogP contribution in [0.25, 0.3) is 5.69 Å². The van der Waals surface area contributed by atoms with Crippen LogP contribution in [0.1, 0.15) is 5.56 Å². The fraction of sp³-hybridized carbons (Fsp3) is 0.125. The van der Waals surface area contributed by atoms with Gasteiger partial charge in [-0.3, -0.25) is 0 Å². The molecular weight excluding hydrogens is 344 g/mol. The molecule has 4 nitrogen and oxygen atoms in total. The zero-order valence-corrected chi connectivity index (χ0v) is 16.3. The first-order chi connectivity index (χ1) is 13.7. The van der Waals surface area contributed by atoms with Crippen LogP contribution in [0, 0.1) is 0 Å². The molecule has 0 aliphatic heterocycles. The SMILES string of the molecule is CN(C)c1ccccc1Nc1ccccc1-n1cc[n+](Cc2ccccc2)c1. The van der Waals surface area contributed by atoms with Crippen LogP contribution in [0.5, 0.6) is 0 Å². The van der Waals surface area contributed by atoms with Crippen LogP contribution in [0.15, 0.2) is 97.6 Å². The molecule has 0 spiro atoms. The number of imidazole rings is 1. The van der Waals surface area contributed by atoms with E-state index in [4.69, 9.17) is 0 Å². The molecule has 0 aliphatic carbocycles. The van der Waals surface area contributed by atoms with Gasteiger partial charge >= 0.3 is 0 Å². The first-order valence-electron chi connectivity index (χ1n) is 9.44. The Balaban J connectivity index is 1.62. The minimum Gasteiger partial charge on any atom is -0.376 e. The van der Waals surface area contributed by atoms with Gasteiger partial charge in [0.05, 0.1) is 17.1 Å². The number of rotatable bonds is 6. The molecule has 4 rings (SSSR count). The monoisotopic (exact) mass is 369 g/mol. The molecule has 0 amide bonds. The van der Waals surface area contributed by atoms with Crippen molar-refractivity contribution in [2.45, 2.75) is 6.54 Å². The van der Waals surface area contributed by atoms with Crippen molar-refractivity contribution in [3.8, 4) is 5.69 Å². The fourth-order valence-corrected chi connectivity index (χ4v) is 3.34. The van der Waals surface area contributed by atoms with E-state index in [1.165, 1.54) is 5.56 Å². The van der Waals surface area contributed by atoms with Gasteiger partial charge in [0, 0.05) is 14.1 Å². The van der Waals surface area contributed by atoms with Gasteiger partial charge in [0.2, 0.25) is 6.33 Å². The molecule has 0 radical (unpaired) electrons. The van der Waals surface area contributed by atoms with Gasteiger partial charge in [-0.2, -0.15) is 0 Å². The Hall–Kier alpha value is -3.53. The van der Waals surface area contributed by atoms with Gasteiger partial charge in [0.25, 0.3) is 0 Å². The van der Waals surface area contributed by atoms with Crippen LogP contribution in [-0.2, 0) is 6.54 Å². The minimum absolute atomic E-state index is 0.854. The minimum atomic E-state index is 0.854. The topological polar surface area (TPSA) is 24.1 Å². The molecule has 0 aliphatic rings. The summed E-state index contributed by atoms with van der Waals surface area (Å²) >= 11 is 0. The van der Waals surface area contributed by atoms with Gasteiger partial charge in [-0.15, -0.1) is 0 Å². The van der Waals surface area contributed by atoms with Crippen LogP contribution in [0.2, 0.25) is 0 Å². The van der Waals surface area contributed by atoms with E-state index in [0.29, 0.717) is 0 Å². The third-order valence-electron chi connectivity index (χ3n) is 4.74. The number of nitrogens with one attached hydrogen (secondary N) is 1. The van der Waals surface area contributed by atoms with Crippen LogP contribution in [0.3, 0.4) is 0 Å². The highest BCUT2D eigenvalue weighted by atomic mass is 15.1. The summed E-state index contributed by atoms with van der Waals surface area (Å²) in [5, 5.41) is 3.61. The average Bonchev–Trinajstić information content (AvgIpc) is 3.18. The smallest absolute Gasteiger partial charge is 0.249 e. The molecule has 4 heteroatoms. The predicted octanol–water partition coefficient (Wildman–Crippen LogP) is 4.62. The maximum absolute atomic E-state index is 3.61. The van der Waals surface area contributed by atoms with E-state index in [2.05, 4.69) is 125 Å².